The van der Waals surface area contributed by atoms with E-state index in [-0.39, 0.29) is 0 Å². The minimum absolute atomic E-state index is 0.607. The van der Waals surface area contributed by atoms with Gasteiger partial charge < -0.3 is 0 Å². The fourth-order valence-corrected chi connectivity index (χ4v) is 2.04. The maximum Gasteiger partial charge on any atom is 0.240 e. The quantitative estimate of drug-likeness (QED) is 0.571. The maximum atomic E-state index is 10.1. The predicted molar refractivity (Wildman–Crippen MR) is 60.1 cm³/mol. The number of hydrogen-bond acceptors (Lipinski definition) is 4. The second-order valence-corrected chi connectivity index (χ2v) is 3.91. The van der Waals surface area contributed by atoms with Gasteiger partial charge in [0.05, 0.1) is 5.69 Å². The highest BCUT2D eigenvalue weighted by Gasteiger charge is 2.02. The molecule has 0 aliphatic heterocycles. The molecule has 0 bridgehead atoms. The molecule has 0 unspecified atom stereocenters. The normalized spacial score (nSPS) is 9.67. The first-order chi connectivity index (χ1) is 7.29. The molecular formula is C11H8N2OS. The summed E-state index contributed by atoms with van der Waals surface area (Å²) in [5.74, 6) is 0. The van der Waals surface area contributed by atoms with E-state index in [1.165, 1.54) is 6.08 Å². The van der Waals surface area contributed by atoms with Crippen LogP contribution in [0.1, 0.15) is 5.69 Å². The highest BCUT2D eigenvalue weighted by atomic mass is 32.1. The van der Waals surface area contributed by atoms with Gasteiger partial charge in [0.2, 0.25) is 6.08 Å². The van der Waals surface area contributed by atoms with Crippen molar-refractivity contribution in [3.05, 3.63) is 35.3 Å². The van der Waals surface area contributed by atoms with Gasteiger partial charge in [-0.15, -0.1) is 11.3 Å². The molecule has 74 valence electrons. The van der Waals surface area contributed by atoms with Crippen LogP contribution >= 0.6 is 11.3 Å². The lowest BCUT2D eigenvalue weighted by molar-refractivity contribution is 0.565. The van der Waals surface area contributed by atoms with Crippen molar-refractivity contribution in [1.29, 1.82) is 0 Å². The van der Waals surface area contributed by atoms with Crippen molar-refractivity contribution in [3.63, 3.8) is 0 Å². The molecule has 0 amide bonds. The van der Waals surface area contributed by atoms with Crippen molar-refractivity contribution in [2.24, 2.45) is 4.99 Å². The topological polar surface area (TPSA) is 42.3 Å². The molecule has 1 aromatic heterocycles. The average molecular weight is 216 g/mol. The second kappa shape index (κ2) is 4.17. The first kappa shape index (κ1) is 9.77. The van der Waals surface area contributed by atoms with E-state index in [0.717, 1.165) is 16.3 Å². The van der Waals surface area contributed by atoms with Gasteiger partial charge in [0.25, 0.3) is 0 Å². The molecule has 0 saturated heterocycles. The van der Waals surface area contributed by atoms with Crippen LogP contribution in [0, 0.1) is 6.92 Å². The standard InChI is InChI=1S/C11H8N2OS/c1-8-6-15-11(13-8)9-3-2-4-10(5-9)12-7-14/h2-6H,1H3. The molecule has 0 saturated carbocycles. The van der Waals surface area contributed by atoms with Crippen LogP contribution < -0.4 is 0 Å². The fourth-order valence-electron chi connectivity index (χ4n) is 1.25. The lowest BCUT2D eigenvalue weighted by atomic mass is 10.2. The maximum absolute atomic E-state index is 10.1. The number of carbonyl (C=O) groups excluding carboxylic acids is 1. The largest absolute Gasteiger partial charge is 0.241 e. The van der Waals surface area contributed by atoms with Crippen LogP contribution in [0.15, 0.2) is 34.6 Å². The number of thiazole rings is 1. The van der Waals surface area contributed by atoms with E-state index < -0.39 is 0 Å². The monoisotopic (exact) mass is 216 g/mol. The van der Waals surface area contributed by atoms with Crippen LogP contribution in [-0.4, -0.2) is 11.1 Å². The zero-order valence-electron chi connectivity index (χ0n) is 8.10. The Kier molecular flexibility index (Phi) is 2.72. The van der Waals surface area contributed by atoms with Crippen molar-refractivity contribution in [3.8, 4) is 10.6 Å². The summed E-state index contributed by atoms with van der Waals surface area (Å²) in [6.07, 6.45) is 1.53. The van der Waals surface area contributed by atoms with Gasteiger partial charge in [-0.2, -0.15) is 4.99 Å². The van der Waals surface area contributed by atoms with Crippen molar-refractivity contribution in [1.82, 2.24) is 4.98 Å². The number of aromatic nitrogens is 1. The summed E-state index contributed by atoms with van der Waals surface area (Å²) in [4.78, 5) is 18.1. The molecule has 0 N–H and O–H groups in total. The fraction of sp³-hybridized carbons (Fsp3) is 0.0909. The number of aryl methyl sites for hydroxylation is 1. The van der Waals surface area contributed by atoms with Crippen LogP contribution in [0.3, 0.4) is 0 Å². The van der Waals surface area contributed by atoms with E-state index in [0.29, 0.717) is 5.69 Å². The summed E-state index contributed by atoms with van der Waals surface area (Å²) in [6.45, 7) is 1.95. The Balaban J connectivity index is 2.44. The number of nitrogens with zero attached hydrogens (tertiary/aromatic N) is 2. The van der Waals surface area contributed by atoms with Gasteiger partial charge in [-0.25, -0.2) is 9.78 Å². The Morgan fingerprint density at radius 1 is 1.47 bits per heavy atom. The van der Waals surface area contributed by atoms with Gasteiger partial charge in [-0.05, 0) is 19.1 Å². The van der Waals surface area contributed by atoms with Crippen LogP contribution in [0.2, 0.25) is 0 Å². The lowest BCUT2D eigenvalue weighted by Crippen LogP contribution is -1.76. The van der Waals surface area contributed by atoms with Gasteiger partial charge in [0, 0.05) is 16.6 Å². The molecule has 0 radical (unpaired) electrons. The SMILES string of the molecule is Cc1csc(-c2cccc(N=C=O)c2)n1. The molecule has 1 heterocycles. The minimum Gasteiger partial charge on any atom is -0.241 e. The van der Waals surface area contributed by atoms with Crippen LogP contribution in [0.25, 0.3) is 10.6 Å². The highest BCUT2D eigenvalue weighted by molar-refractivity contribution is 7.13. The van der Waals surface area contributed by atoms with Gasteiger partial charge in [0.15, 0.2) is 0 Å². The third-order valence-electron chi connectivity index (χ3n) is 1.89. The Morgan fingerprint density at radius 3 is 3.00 bits per heavy atom. The van der Waals surface area contributed by atoms with Crippen molar-refractivity contribution in [2.45, 2.75) is 6.92 Å². The summed E-state index contributed by atoms with van der Waals surface area (Å²) in [5.41, 5.74) is 2.58. The van der Waals surface area contributed by atoms with Crippen molar-refractivity contribution in [2.75, 3.05) is 0 Å². The summed E-state index contributed by atoms with van der Waals surface area (Å²) in [5, 5.41) is 2.93. The minimum atomic E-state index is 0.607. The summed E-state index contributed by atoms with van der Waals surface area (Å²) in [6, 6.07) is 7.38. The van der Waals surface area contributed by atoms with Gasteiger partial charge in [0.1, 0.15) is 5.01 Å². The summed E-state index contributed by atoms with van der Waals surface area (Å²) in [7, 11) is 0. The third kappa shape index (κ3) is 2.18. The van der Waals surface area contributed by atoms with Crippen LogP contribution in [0.5, 0.6) is 0 Å². The molecule has 0 aliphatic rings. The van der Waals surface area contributed by atoms with E-state index in [1.807, 2.05) is 30.5 Å². The predicted octanol–water partition coefficient (Wildman–Crippen LogP) is 3.09. The molecule has 4 heteroatoms. The van der Waals surface area contributed by atoms with Gasteiger partial charge in [-0.3, -0.25) is 0 Å². The van der Waals surface area contributed by atoms with Crippen LogP contribution in [0.4, 0.5) is 5.69 Å². The molecule has 0 fully saturated rings. The number of aliphatic imine (C=N–C) groups is 1. The molecule has 1 aromatic carbocycles. The van der Waals surface area contributed by atoms with Gasteiger partial charge >= 0.3 is 0 Å². The first-order valence-corrected chi connectivity index (χ1v) is 5.28. The lowest BCUT2D eigenvalue weighted by Gasteiger charge is -1.96. The first-order valence-electron chi connectivity index (χ1n) is 4.40. The Labute approximate surface area is 91.1 Å². The van der Waals surface area contributed by atoms with Crippen molar-refractivity contribution < 1.29 is 4.79 Å². The van der Waals surface area contributed by atoms with Crippen molar-refractivity contribution >= 4 is 23.1 Å². The number of isocyanates is 1. The van der Waals surface area contributed by atoms with Crippen LogP contribution in [-0.2, 0) is 4.79 Å². The number of hydrogen-bond donors (Lipinski definition) is 0. The van der Waals surface area contributed by atoms with E-state index in [9.17, 15) is 4.79 Å². The third-order valence-corrected chi connectivity index (χ3v) is 2.90. The highest BCUT2D eigenvalue weighted by Crippen LogP contribution is 2.26. The summed E-state index contributed by atoms with van der Waals surface area (Å²) >= 11 is 1.58. The molecule has 15 heavy (non-hydrogen) atoms. The average Bonchev–Trinajstić information content (AvgIpc) is 2.66. The second-order valence-electron chi connectivity index (χ2n) is 3.05. The molecular weight excluding hydrogens is 208 g/mol. The molecule has 2 rings (SSSR count). The smallest absolute Gasteiger partial charge is 0.240 e. The Bertz CT molecular complexity index is 527. The summed E-state index contributed by atoms with van der Waals surface area (Å²) < 4.78 is 0. The zero-order valence-corrected chi connectivity index (χ0v) is 8.91. The molecule has 0 aliphatic carbocycles. The molecule has 3 nitrogen and oxygen atoms in total. The molecule has 0 spiro atoms. The Hall–Kier alpha value is -1.77. The van der Waals surface area contributed by atoms with E-state index >= 15 is 0 Å². The Morgan fingerprint density at radius 2 is 2.33 bits per heavy atom. The van der Waals surface area contributed by atoms with Gasteiger partial charge in [-0.1, -0.05) is 12.1 Å². The van der Waals surface area contributed by atoms with E-state index in [2.05, 4.69) is 9.98 Å². The molecule has 2 aromatic rings. The number of benzene rings is 1. The van der Waals surface area contributed by atoms with E-state index in [4.69, 9.17) is 0 Å². The van der Waals surface area contributed by atoms with E-state index in [1.54, 1.807) is 17.4 Å². The molecule has 0 atom stereocenters. The zero-order chi connectivity index (χ0) is 10.7. The number of rotatable bonds is 2.